The minimum Gasteiger partial charge on any atom is -0.328 e. The number of anilines is 1. The number of rotatable bonds is 4. The quantitative estimate of drug-likeness (QED) is 0.857. The van der Waals surface area contributed by atoms with Crippen molar-refractivity contribution >= 4 is 11.7 Å². The SMILES string of the molecule is Cc1cccc(NC(=O)N(C)C(CN)C2CC2)c1. The first-order valence-electron chi connectivity index (χ1n) is 6.42. The summed E-state index contributed by atoms with van der Waals surface area (Å²) in [5.74, 6) is 0.586. The summed E-state index contributed by atoms with van der Waals surface area (Å²) in [6.45, 7) is 2.54. The van der Waals surface area contributed by atoms with Crippen molar-refractivity contribution in [1.82, 2.24) is 4.90 Å². The maximum Gasteiger partial charge on any atom is 0.321 e. The van der Waals surface area contributed by atoms with Gasteiger partial charge in [-0.3, -0.25) is 0 Å². The number of amides is 2. The van der Waals surface area contributed by atoms with Gasteiger partial charge in [0.05, 0.1) is 0 Å². The van der Waals surface area contributed by atoms with Crippen molar-refractivity contribution in [2.75, 3.05) is 18.9 Å². The fourth-order valence-electron chi connectivity index (χ4n) is 2.23. The van der Waals surface area contributed by atoms with Crippen LogP contribution in [0.4, 0.5) is 10.5 Å². The number of carbonyl (C=O) groups excluding carboxylic acids is 1. The molecule has 0 saturated heterocycles. The molecule has 0 radical (unpaired) electrons. The Hall–Kier alpha value is -1.55. The zero-order valence-corrected chi connectivity index (χ0v) is 11.0. The van der Waals surface area contributed by atoms with Crippen LogP contribution in [-0.4, -0.2) is 30.6 Å². The molecule has 0 spiro atoms. The molecular formula is C14H21N3O. The van der Waals surface area contributed by atoms with Crippen molar-refractivity contribution in [2.24, 2.45) is 11.7 Å². The highest BCUT2D eigenvalue weighted by Crippen LogP contribution is 2.34. The number of urea groups is 1. The fourth-order valence-corrected chi connectivity index (χ4v) is 2.23. The van der Waals surface area contributed by atoms with Gasteiger partial charge in [-0.1, -0.05) is 12.1 Å². The molecule has 1 aliphatic rings. The summed E-state index contributed by atoms with van der Waals surface area (Å²) in [5.41, 5.74) is 7.71. The molecule has 1 aromatic rings. The summed E-state index contributed by atoms with van der Waals surface area (Å²) in [7, 11) is 1.82. The van der Waals surface area contributed by atoms with Crippen molar-refractivity contribution in [3.63, 3.8) is 0 Å². The number of hydrogen-bond acceptors (Lipinski definition) is 2. The third-order valence-corrected chi connectivity index (χ3v) is 3.49. The number of nitrogens with zero attached hydrogens (tertiary/aromatic N) is 1. The van der Waals surface area contributed by atoms with Gasteiger partial charge in [-0.15, -0.1) is 0 Å². The van der Waals surface area contributed by atoms with E-state index < -0.39 is 0 Å². The molecule has 18 heavy (non-hydrogen) atoms. The molecule has 2 rings (SSSR count). The number of aryl methyl sites for hydroxylation is 1. The Kier molecular flexibility index (Phi) is 3.87. The lowest BCUT2D eigenvalue weighted by molar-refractivity contribution is 0.198. The highest BCUT2D eigenvalue weighted by Gasteiger charge is 2.34. The van der Waals surface area contributed by atoms with Gasteiger partial charge >= 0.3 is 6.03 Å². The highest BCUT2D eigenvalue weighted by molar-refractivity contribution is 5.89. The molecule has 4 nitrogen and oxygen atoms in total. The Morgan fingerprint density at radius 1 is 1.56 bits per heavy atom. The van der Waals surface area contributed by atoms with Crippen molar-refractivity contribution in [1.29, 1.82) is 0 Å². The summed E-state index contributed by atoms with van der Waals surface area (Å²) in [6.07, 6.45) is 2.37. The van der Waals surface area contributed by atoms with Gasteiger partial charge < -0.3 is 16.0 Å². The minimum atomic E-state index is -0.0806. The fraction of sp³-hybridized carbons (Fsp3) is 0.500. The Bertz CT molecular complexity index is 429. The third-order valence-electron chi connectivity index (χ3n) is 3.49. The van der Waals surface area contributed by atoms with Crippen LogP contribution in [0.2, 0.25) is 0 Å². The second kappa shape index (κ2) is 5.40. The van der Waals surface area contributed by atoms with Crippen molar-refractivity contribution in [3.05, 3.63) is 29.8 Å². The van der Waals surface area contributed by atoms with Gasteiger partial charge in [0.15, 0.2) is 0 Å². The zero-order valence-electron chi connectivity index (χ0n) is 11.0. The van der Waals surface area contributed by atoms with E-state index in [1.807, 2.05) is 38.2 Å². The molecule has 1 atom stereocenters. The van der Waals surface area contributed by atoms with Crippen LogP contribution < -0.4 is 11.1 Å². The molecule has 1 unspecified atom stereocenters. The van der Waals surface area contributed by atoms with Crippen LogP contribution in [0.5, 0.6) is 0 Å². The molecule has 2 amide bonds. The largest absolute Gasteiger partial charge is 0.328 e. The van der Waals surface area contributed by atoms with Crippen molar-refractivity contribution in [2.45, 2.75) is 25.8 Å². The molecule has 0 bridgehead atoms. The molecule has 0 aliphatic heterocycles. The first kappa shape index (κ1) is 12.9. The van der Waals surface area contributed by atoms with Gasteiger partial charge in [-0.25, -0.2) is 4.79 Å². The van der Waals surface area contributed by atoms with E-state index in [1.165, 1.54) is 12.8 Å². The van der Waals surface area contributed by atoms with E-state index in [-0.39, 0.29) is 12.1 Å². The van der Waals surface area contributed by atoms with Gasteiger partial charge in [0.2, 0.25) is 0 Å². The Morgan fingerprint density at radius 3 is 2.83 bits per heavy atom. The number of nitrogens with two attached hydrogens (primary N) is 1. The average molecular weight is 247 g/mol. The van der Waals surface area contributed by atoms with Crippen LogP contribution in [0, 0.1) is 12.8 Å². The molecule has 1 aliphatic carbocycles. The monoisotopic (exact) mass is 247 g/mol. The first-order chi connectivity index (χ1) is 8.61. The maximum absolute atomic E-state index is 12.1. The van der Waals surface area contributed by atoms with E-state index in [4.69, 9.17) is 5.73 Å². The molecule has 4 heteroatoms. The normalized spacial score (nSPS) is 16.2. The van der Waals surface area contributed by atoms with E-state index in [0.717, 1.165) is 11.3 Å². The topological polar surface area (TPSA) is 58.4 Å². The summed E-state index contributed by atoms with van der Waals surface area (Å²) in [6, 6.07) is 7.88. The Labute approximate surface area is 108 Å². The molecule has 0 aromatic heterocycles. The van der Waals surface area contributed by atoms with E-state index in [0.29, 0.717) is 12.5 Å². The minimum absolute atomic E-state index is 0.0806. The number of nitrogens with one attached hydrogen (secondary N) is 1. The number of carbonyl (C=O) groups is 1. The molecule has 1 fully saturated rings. The Morgan fingerprint density at radius 2 is 2.28 bits per heavy atom. The third kappa shape index (κ3) is 3.01. The number of hydrogen-bond donors (Lipinski definition) is 2. The van der Waals surface area contributed by atoms with E-state index in [1.54, 1.807) is 4.90 Å². The maximum atomic E-state index is 12.1. The van der Waals surface area contributed by atoms with Crippen LogP contribution in [0.15, 0.2) is 24.3 Å². The van der Waals surface area contributed by atoms with E-state index in [2.05, 4.69) is 5.32 Å². The first-order valence-corrected chi connectivity index (χ1v) is 6.42. The average Bonchev–Trinajstić information content (AvgIpc) is 3.14. The lowest BCUT2D eigenvalue weighted by Gasteiger charge is -2.27. The lowest BCUT2D eigenvalue weighted by Crippen LogP contribution is -2.45. The molecule has 0 heterocycles. The predicted octanol–water partition coefficient (Wildman–Crippen LogP) is 2.20. The summed E-state index contributed by atoms with van der Waals surface area (Å²) in [5, 5.41) is 2.91. The summed E-state index contributed by atoms with van der Waals surface area (Å²) >= 11 is 0. The number of likely N-dealkylation sites (N-methyl/N-ethyl adjacent to an activating group) is 1. The van der Waals surface area contributed by atoms with Gasteiger partial charge in [0.1, 0.15) is 0 Å². The standard InChI is InChI=1S/C14H21N3O/c1-10-4-3-5-12(8-10)16-14(18)17(2)13(9-15)11-6-7-11/h3-5,8,11,13H,6-7,9,15H2,1-2H3,(H,16,18). The molecular weight excluding hydrogens is 226 g/mol. The van der Waals surface area contributed by atoms with Crippen molar-refractivity contribution in [3.8, 4) is 0 Å². The molecule has 1 saturated carbocycles. The van der Waals surface area contributed by atoms with E-state index in [9.17, 15) is 4.79 Å². The number of benzene rings is 1. The van der Waals surface area contributed by atoms with Gasteiger partial charge in [0, 0.05) is 25.3 Å². The smallest absolute Gasteiger partial charge is 0.321 e. The highest BCUT2D eigenvalue weighted by atomic mass is 16.2. The van der Waals surface area contributed by atoms with Crippen LogP contribution in [0.1, 0.15) is 18.4 Å². The van der Waals surface area contributed by atoms with Crippen LogP contribution in [0.3, 0.4) is 0 Å². The second-order valence-corrected chi connectivity index (χ2v) is 5.05. The van der Waals surface area contributed by atoms with Crippen LogP contribution in [0.25, 0.3) is 0 Å². The lowest BCUT2D eigenvalue weighted by atomic mass is 10.1. The van der Waals surface area contributed by atoms with Crippen LogP contribution >= 0.6 is 0 Å². The van der Waals surface area contributed by atoms with Gasteiger partial charge in [-0.2, -0.15) is 0 Å². The summed E-state index contributed by atoms with van der Waals surface area (Å²) in [4.78, 5) is 13.9. The van der Waals surface area contributed by atoms with Gasteiger partial charge in [-0.05, 0) is 43.4 Å². The van der Waals surface area contributed by atoms with E-state index >= 15 is 0 Å². The molecule has 3 N–H and O–H groups in total. The zero-order chi connectivity index (χ0) is 13.1. The van der Waals surface area contributed by atoms with Crippen LogP contribution in [-0.2, 0) is 0 Å². The van der Waals surface area contributed by atoms with Crippen molar-refractivity contribution < 1.29 is 4.79 Å². The Balaban J connectivity index is 1.98. The second-order valence-electron chi connectivity index (χ2n) is 5.05. The molecule has 98 valence electrons. The predicted molar refractivity (Wildman–Crippen MR) is 73.5 cm³/mol. The molecule has 1 aromatic carbocycles. The van der Waals surface area contributed by atoms with Gasteiger partial charge in [0.25, 0.3) is 0 Å². The summed E-state index contributed by atoms with van der Waals surface area (Å²) < 4.78 is 0.